The van der Waals surface area contributed by atoms with Gasteiger partial charge < -0.3 is 9.29 Å². The Bertz CT molecular complexity index is 1410. The first-order chi connectivity index (χ1) is 14.3. The molecule has 0 atom stereocenters. The second-order valence-corrected chi connectivity index (χ2v) is 10.6. The van der Waals surface area contributed by atoms with Crippen molar-refractivity contribution in [3.63, 3.8) is 0 Å². The minimum atomic E-state index is -0.955. The van der Waals surface area contributed by atoms with E-state index in [1.54, 1.807) is 13.8 Å². The molecule has 1 heterocycles. The summed E-state index contributed by atoms with van der Waals surface area (Å²) in [5.74, 6) is 0. The van der Waals surface area contributed by atoms with Crippen molar-refractivity contribution in [3.8, 4) is 0 Å². The number of aliphatic hydroxyl groups is 1. The number of fused-ring (bicyclic) bond motifs is 7. The smallest absolute Gasteiger partial charge is 0.106 e. The predicted molar refractivity (Wildman–Crippen MR) is 132 cm³/mol. The molecular formula is C26H24O2S2. The van der Waals surface area contributed by atoms with E-state index >= 15 is 0 Å². The lowest BCUT2D eigenvalue weighted by Crippen LogP contribution is -2.45. The molecule has 0 aliphatic rings. The molecule has 0 aliphatic carbocycles. The Morgan fingerprint density at radius 2 is 1.47 bits per heavy atom. The summed E-state index contributed by atoms with van der Waals surface area (Å²) in [6, 6.07) is 23.8. The number of hydrogen-bond donors (Lipinski definition) is 1. The van der Waals surface area contributed by atoms with Gasteiger partial charge in [0.25, 0.3) is 0 Å². The van der Waals surface area contributed by atoms with E-state index in [0.717, 1.165) is 4.90 Å². The fraction of sp³-hybridized carbons (Fsp3) is 0.231. The van der Waals surface area contributed by atoms with Crippen molar-refractivity contribution in [3.05, 3.63) is 66.7 Å². The lowest BCUT2D eigenvalue weighted by molar-refractivity contribution is -0.0813. The molecular weight excluding hydrogens is 408 g/mol. The summed E-state index contributed by atoms with van der Waals surface area (Å²) in [6.07, 6.45) is 0. The fourth-order valence-electron chi connectivity index (χ4n) is 3.66. The Kier molecular flexibility index (Phi) is 4.60. The van der Waals surface area contributed by atoms with Gasteiger partial charge in [0, 0.05) is 42.5 Å². The fourth-order valence-corrected chi connectivity index (χ4v) is 5.99. The van der Waals surface area contributed by atoms with Crippen molar-refractivity contribution < 1.29 is 9.29 Å². The molecule has 1 aromatic heterocycles. The van der Waals surface area contributed by atoms with Crippen molar-refractivity contribution in [1.29, 1.82) is 0 Å². The quantitative estimate of drug-likeness (QED) is 0.231. The second-order valence-electron chi connectivity index (χ2n) is 8.80. The third-order valence-electron chi connectivity index (χ3n) is 6.13. The van der Waals surface area contributed by atoms with E-state index < -0.39 is 11.2 Å². The molecule has 30 heavy (non-hydrogen) atoms. The van der Waals surface area contributed by atoms with Gasteiger partial charge >= 0.3 is 0 Å². The molecule has 5 rings (SSSR count). The third-order valence-corrected chi connectivity index (χ3v) is 8.32. The van der Waals surface area contributed by atoms with Crippen LogP contribution in [0.2, 0.25) is 0 Å². The normalized spacial score (nSPS) is 13.1. The lowest BCUT2D eigenvalue weighted by atomic mass is 9.90. The Morgan fingerprint density at radius 3 is 2.23 bits per heavy atom. The van der Waals surface area contributed by atoms with Crippen LogP contribution in [0.1, 0.15) is 27.7 Å². The van der Waals surface area contributed by atoms with E-state index in [1.165, 1.54) is 53.8 Å². The minimum absolute atomic E-state index is 0.700. The van der Waals surface area contributed by atoms with Gasteiger partial charge in [-0.05, 0) is 56.0 Å². The second kappa shape index (κ2) is 6.96. The molecule has 0 saturated heterocycles. The summed E-state index contributed by atoms with van der Waals surface area (Å²) >= 11 is 3.21. The van der Waals surface area contributed by atoms with Crippen LogP contribution < -0.4 is 0 Å². The highest BCUT2D eigenvalue weighted by atomic mass is 32.2. The minimum Gasteiger partial charge on any atom is -0.387 e. The van der Waals surface area contributed by atoms with Crippen LogP contribution in [0.25, 0.3) is 41.7 Å². The Labute approximate surface area is 184 Å². The first-order valence-electron chi connectivity index (χ1n) is 10.1. The number of rotatable bonds is 4. The number of hydrogen-bond acceptors (Lipinski definition) is 4. The summed E-state index contributed by atoms with van der Waals surface area (Å²) in [5.41, 5.74) is -1.66. The molecule has 1 N–H and O–H groups in total. The molecule has 0 radical (unpaired) electrons. The van der Waals surface area contributed by atoms with E-state index in [4.69, 9.17) is 4.18 Å². The van der Waals surface area contributed by atoms with Crippen LogP contribution >= 0.6 is 23.4 Å². The van der Waals surface area contributed by atoms with Gasteiger partial charge in [-0.3, -0.25) is 0 Å². The van der Waals surface area contributed by atoms with Crippen LogP contribution in [-0.2, 0) is 4.18 Å². The summed E-state index contributed by atoms with van der Waals surface area (Å²) < 4.78 is 8.78. The lowest BCUT2D eigenvalue weighted by Gasteiger charge is -2.36. The first-order valence-corrected chi connectivity index (χ1v) is 11.7. The maximum atomic E-state index is 10.5. The summed E-state index contributed by atoms with van der Waals surface area (Å²) in [5, 5.41) is 18.0. The number of thiophene rings is 1. The highest BCUT2D eigenvalue weighted by Gasteiger charge is 2.37. The molecule has 4 aromatic carbocycles. The topological polar surface area (TPSA) is 29.5 Å². The van der Waals surface area contributed by atoms with Crippen molar-refractivity contribution in [1.82, 2.24) is 0 Å². The predicted octanol–water partition coefficient (Wildman–Crippen LogP) is 7.93. The number of benzene rings is 4. The Balaban J connectivity index is 1.81. The molecule has 0 saturated carbocycles. The van der Waals surface area contributed by atoms with E-state index in [0.29, 0.717) is 0 Å². The van der Waals surface area contributed by atoms with Crippen LogP contribution in [-0.4, -0.2) is 16.3 Å². The first kappa shape index (κ1) is 19.8. The monoisotopic (exact) mass is 432 g/mol. The van der Waals surface area contributed by atoms with Crippen LogP contribution in [0.4, 0.5) is 0 Å². The van der Waals surface area contributed by atoms with Crippen LogP contribution in [0.5, 0.6) is 0 Å². The standard InChI is InChI=1S/C26H24O2S2/c1-25(2,27)26(3,4)28-30-21-15-17-14-13-16-9-5-6-10-18(16)22(17)24-23(21)19-11-7-8-12-20(19)29-24/h5-15,27H,1-4H3. The van der Waals surface area contributed by atoms with E-state index in [9.17, 15) is 5.11 Å². The van der Waals surface area contributed by atoms with Crippen LogP contribution in [0.15, 0.2) is 71.6 Å². The largest absolute Gasteiger partial charge is 0.387 e. The Hall–Kier alpha value is -2.11. The van der Waals surface area contributed by atoms with Gasteiger partial charge in [-0.25, -0.2) is 0 Å². The van der Waals surface area contributed by atoms with E-state index in [-0.39, 0.29) is 0 Å². The molecule has 0 unspecified atom stereocenters. The van der Waals surface area contributed by atoms with Crippen molar-refractivity contribution in [2.45, 2.75) is 43.8 Å². The SMILES string of the molecule is CC(C)(O)C(C)(C)OSc1cc2ccc3ccccc3c2c2sc3ccccc3c12. The van der Waals surface area contributed by atoms with Gasteiger partial charge in [0.2, 0.25) is 0 Å². The van der Waals surface area contributed by atoms with Gasteiger partial charge in [0.15, 0.2) is 0 Å². The van der Waals surface area contributed by atoms with Crippen molar-refractivity contribution in [2.75, 3.05) is 0 Å². The molecule has 2 nitrogen and oxygen atoms in total. The molecule has 0 aliphatic heterocycles. The average molecular weight is 433 g/mol. The molecule has 5 aromatic rings. The summed E-state index contributed by atoms with van der Waals surface area (Å²) in [6.45, 7) is 7.43. The zero-order valence-corrected chi connectivity index (χ0v) is 19.2. The molecule has 0 fully saturated rings. The summed E-state index contributed by atoms with van der Waals surface area (Å²) in [4.78, 5) is 1.09. The van der Waals surface area contributed by atoms with Crippen LogP contribution in [0.3, 0.4) is 0 Å². The van der Waals surface area contributed by atoms with E-state index in [1.807, 2.05) is 25.2 Å². The van der Waals surface area contributed by atoms with Gasteiger partial charge in [-0.1, -0.05) is 54.6 Å². The van der Waals surface area contributed by atoms with Gasteiger partial charge in [-0.15, -0.1) is 11.3 Å². The molecule has 4 heteroatoms. The molecule has 0 bridgehead atoms. The van der Waals surface area contributed by atoms with Gasteiger partial charge in [0.1, 0.15) is 5.60 Å². The molecule has 152 valence electrons. The van der Waals surface area contributed by atoms with E-state index in [2.05, 4.69) is 66.7 Å². The van der Waals surface area contributed by atoms with Crippen molar-refractivity contribution in [2.24, 2.45) is 0 Å². The Morgan fingerprint density at radius 1 is 0.800 bits per heavy atom. The maximum Gasteiger partial charge on any atom is 0.106 e. The molecule has 0 spiro atoms. The zero-order valence-electron chi connectivity index (χ0n) is 17.5. The highest BCUT2D eigenvalue weighted by molar-refractivity contribution is 7.95. The highest BCUT2D eigenvalue weighted by Crippen LogP contribution is 2.47. The third kappa shape index (κ3) is 3.10. The van der Waals surface area contributed by atoms with Gasteiger partial charge in [0.05, 0.1) is 5.60 Å². The average Bonchev–Trinajstić information content (AvgIpc) is 3.10. The van der Waals surface area contributed by atoms with Crippen LogP contribution in [0, 0.1) is 0 Å². The zero-order chi connectivity index (χ0) is 21.1. The summed E-state index contributed by atoms with van der Waals surface area (Å²) in [7, 11) is 0. The molecule has 0 amide bonds. The van der Waals surface area contributed by atoms with Crippen molar-refractivity contribution >= 4 is 65.1 Å². The maximum absolute atomic E-state index is 10.5. The van der Waals surface area contributed by atoms with Gasteiger partial charge in [-0.2, -0.15) is 0 Å².